The van der Waals surface area contributed by atoms with Gasteiger partial charge in [0, 0.05) is 39.3 Å². The molecule has 2 atom stereocenters. The van der Waals surface area contributed by atoms with Gasteiger partial charge in [0.2, 0.25) is 0 Å². The van der Waals surface area contributed by atoms with Gasteiger partial charge in [0.25, 0.3) is 0 Å². The maximum absolute atomic E-state index is 5.77. The zero-order chi connectivity index (χ0) is 17.9. The molecule has 1 aliphatic heterocycles. The number of hydrogen-bond donors (Lipinski definition) is 2. The topological polar surface area (TPSA) is 85.6 Å². The maximum Gasteiger partial charge on any atom is 0.191 e. The SMILES string of the molecule is CCc1nncn1CCNC(=NCC1CCCCO1)NC(C)COC.I. The fourth-order valence-electron chi connectivity index (χ4n) is 2.86. The van der Waals surface area contributed by atoms with E-state index in [1.807, 2.05) is 0 Å². The summed E-state index contributed by atoms with van der Waals surface area (Å²) in [7, 11) is 1.70. The van der Waals surface area contributed by atoms with Gasteiger partial charge in [0.05, 0.1) is 19.3 Å². The first-order valence-electron chi connectivity index (χ1n) is 9.25. The van der Waals surface area contributed by atoms with Crippen LogP contribution in [0.1, 0.15) is 38.9 Å². The van der Waals surface area contributed by atoms with Crippen LogP contribution in [-0.4, -0.2) is 66.3 Å². The Hall–Kier alpha value is -0.940. The Labute approximate surface area is 173 Å². The van der Waals surface area contributed by atoms with Gasteiger partial charge in [-0.05, 0) is 26.2 Å². The molecule has 9 heteroatoms. The molecule has 2 heterocycles. The molecule has 1 saturated heterocycles. The van der Waals surface area contributed by atoms with Crippen molar-refractivity contribution in [1.82, 2.24) is 25.4 Å². The molecule has 2 unspecified atom stereocenters. The van der Waals surface area contributed by atoms with Crippen LogP contribution in [0.25, 0.3) is 0 Å². The predicted molar refractivity (Wildman–Crippen MR) is 113 cm³/mol. The van der Waals surface area contributed by atoms with E-state index in [0.717, 1.165) is 50.7 Å². The number of nitrogens with one attached hydrogen (secondary N) is 2. The van der Waals surface area contributed by atoms with E-state index in [-0.39, 0.29) is 36.1 Å². The van der Waals surface area contributed by atoms with Crippen molar-refractivity contribution >= 4 is 29.9 Å². The number of rotatable bonds is 9. The van der Waals surface area contributed by atoms with Crippen molar-refractivity contribution in [1.29, 1.82) is 0 Å². The molecule has 150 valence electrons. The van der Waals surface area contributed by atoms with E-state index in [1.165, 1.54) is 6.42 Å². The molecule has 0 aromatic carbocycles. The lowest BCUT2D eigenvalue weighted by atomic mass is 10.1. The summed E-state index contributed by atoms with van der Waals surface area (Å²) in [5.74, 6) is 1.79. The molecular weight excluding hydrogens is 447 g/mol. The van der Waals surface area contributed by atoms with E-state index >= 15 is 0 Å². The highest BCUT2D eigenvalue weighted by molar-refractivity contribution is 14.0. The number of ether oxygens (including phenoxy) is 2. The van der Waals surface area contributed by atoms with Gasteiger partial charge in [-0.15, -0.1) is 34.2 Å². The van der Waals surface area contributed by atoms with Crippen molar-refractivity contribution in [2.75, 3.05) is 33.4 Å². The summed E-state index contributed by atoms with van der Waals surface area (Å²) in [6.07, 6.45) is 6.36. The Bertz CT molecular complexity index is 519. The lowest BCUT2D eigenvalue weighted by Gasteiger charge is -2.22. The van der Waals surface area contributed by atoms with Gasteiger partial charge in [0.1, 0.15) is 12.2 Å². The molecule has 0 aliphatic carbocycles. The Morgan fingerprint density at radius 3 is 3.04 bits per heavy atom. The summed E-state index contributed by atoms with van der Waals surface area (Å²) >= 11 is 0. The number of hydrogen-bond acceptors (Lipinski definition) is 5. The summed E-state index contributed by atoms with van der Waals surface area (Å²) in [6.45, 7) is 7.88. The highest BCUT2D eigenvalue weighted by Crippen LogP contribution is 2.12. The van der Waals surface area contributed by atoms with Crippen molar-refractivity contribution in [3.8, 4) is 0 Å². The Morgan fingerprint density at radius 1 is 1.50 bits per heavy atom. The number of halogens is 1. The van der Waals surface area contributed by atoms with Gasteiger partial charge in [0.15, 0.2) is 5.96 Å². The number of aromatic nitrogens is 3. The van der Waals surface area contributed by atoms with Crippen LogP contribution in [0.5, 0.6) is 0 Å². The number of aryl methyl sites for hydroxylation is 1. The molecule has 1 aromatic heterocycles. The van der Waals surface area contributed by atoms with Crippen LogP contribution in [0.4, 0.5) is 0 Å². The molecule has 1 aromatic rings. The molecule has 8 nitrogen and oxygen atoms in total. The van der Waals surface area contributed by atoms with E-state index in [1.54, 1.807) is 13.4 Å². The molecule has 2 rings (SSSR count). The molecule has 0 amide bonds. The number of nitrogens with zero attached hydrogens (tertiary/aromatic N) is 4. The molecule has 1 aliphatic rings. The smallest absolute Gasteiger partial charge is 0.191 e. The van der Waals surface area contributed by atoms with E-state index < -0.39 is 0 Å². The van der Waals surface area contributed by atoms with Crippen LogP contribution in [0.15, 0.2) is 11.3 Å². The lowest BCUT2D eigenvalue weighted by molar-refractivity contribution is 0.0224. The zero-order valence-electron chi connectivity index (χ0n) is 16.1. The second-order valence-corrected chi connectivity index (χ2v) is 6.40. The molecule has 0 spiro atoms. The van der Waals surface area contributed by atoms with Crippen molar-refractivity contribution in [3.63, 3.8) is 0 Å². The van der Waals surface area contributed by atoms with Crippen molar-refractivity contribution in [2.45, 2.75) is 58.2 Å². The Kier molecular flexibility index (Phi) is 11.8. The minimum absolute atomic E-state index is 0. The minimum Gasteiger partial charge on any atom is -0.383 e. The minimum atomic E-state index is 0. The summed E-state index contributed by atoms with van der Waals surface area (Å²) in [6, 6.07) is 0.185. The predicted octanol–water partition coefficient (Wildman–Crippen LogP) is 1.60. The summed E-state index contributed by atoms with van der Waals surface area (Å²) in [4.78, 5) is 4.70. The normalized spacial score (nSPS) is 18.9. The highest BCUT2D eigenvalue weighted by atomic mass is 127. The highest BCUT2D eigenvalue weighted by Gasteiger charge is 2.14. The van der Waals surface area contributed by atoms with E-state index in [4.69, 9.17) is 14.5 Å². The number of methoxy groups -OCH3 is 1. The summed E-state index contributed by atoms with van der Waals surface area (Å²) in [5, 5.41) is 14.8. The largest absolute Gasteiger partial charge is 0.383 e. The average Bonchev–Trinajstić information content (AvgIpc) is 3.08. The first kappa shape index (κ1) is 23.1. The van der Waals surface area contributed by atoms with Crippen LogP contribution in [-0.2, 0) is 22.4 Å². The third kappa shape index (κ3) is 8.17. The summed E-state index contributed by atoms with van der Waals surface area (Å²) < 4.78 is 13.0. The second kappa shape index (κ2) is 13.3. The molecule has 26 heavy (non-hydrogen) atoms. The third-order valence-corrected chi connectivity index (χ3v) is 4.18. The van der Waals surface area contributed by atoms with Crippen LogP contribution in [0.3, 0.4) is 0 Å². The fraction of sp³-hybridized carbons (Fsp3) is 0.824. The van der Waals surface area contributed by atoms with E-state index in [2.05, 4.69) is 39.2 Å². The molecular formula is C17H33IN6O2. The molecule has 0 bridgehead atoms. The van der Waals surface area contributed by atoms with Gasteiger partial charge in [-0.3, -0.25) is 4.99 Å². The van der Waals surface area contributed by atoms with Crippen LogP contribution < -0.4 is 10.6 Å². The van der Waals surface area contributed by atoms with Gasteiger partial charge in [-0.1, -0.05) is 6.92 Å². The van der Waals surface area contributed by atoms with Gasteiger partial charge in [-0.25, -0.2) is 0 Å². The molecule has 0 saturated carbocycles. The number of guanidine groups is 1. The van der Waals surface area contributed by atoms with Gasteiger partial charge < -0.3 is 24.7 Å². The van der Waals surface area contributed by atoms with Crippen LogP contribution >= 0.6 is 24.0 Å². The van der Waals surface area contributed by atoms with Crippen molar-refractivity contribution < 1.29 is 9.47 Å². The molecule has 0 radical (unpaired) electrons. The lowest BCUT2D eigenvalue weighted by Crippen LogP contribution is -2.45. The molecule has 1 fully saturated rings. The molecule has 2 N–H and O–H groups in total. The second-order valence-electron chi connectivity index (χ2n) is 6.40. The van der Waals surface area contributed by atoms with Crippen molar-refractivity contribution in [2.24, 2.45) is 4.99 Å². The zero-order valence-corrected chi connectivity index (χ0v) is 18.4. The monoisotopic (exact) mass is 480 g/mol. The first-order valence-corrected chi connectivity index (χ1v) is 9.25. The van der Waals surface area contributed by atoms with E-state index in [9.17, 15) is 0 Å². The Morgan fingerprint density at radius 2 is 2.35 bits per heavy atom. The Balaban J connectivity index is 0.00000338. The fourth-order valence-corrected chi connectivity index (χ4v) is 2.86. The van der Waals surface area contributed by atoms with E-state index in [0.29, 0.717) is 13.2 Å². The average molecular weight is 480 g/mol. The standard InChI is InChI=1S/C17H32N6O2.HI/c1-4-16-22-20-13-23(16)9-8-18-17(21-14(2)12-24-3)19-11-15-7-5-6-10-25-15;/h13-15H,4-12H2,1-3H3,(H2,18,19,21);1H. The van der Waals surface area contributed by atoms with Crippen LogP contribution in [0.2, 0.25) is 0 Å². The first-order chi connectivity index (χ1) is 12.2. The van der Waals surface area contributed by atoms with Gasteiger partial charge in [-0.2, -0.15) is 0 Å². The quantitative estimate of drug-likeness (QED) is 0.317. The van der Waals surface area contributed by atoms with Crippen molar-refractivity contribution in [3.05, 3.63) is 12.2 Å². The summed E-state index contributed by atoms with van der Waals surface area (Å²) in [5.41, 5.74) is 0. The van der Waals surface area contributed by atoms with Crippen LogP contribution in [0, 0.1) is 0 Å². The number of aliphatic imine (C=N–C) groups is 1. The third-order valence-electron chi connectivity index (χ3n) is 4.18. The van der Waals surface area contributed by atoms with Gasteiger partial charge >= 0.3 is 0 Å². The maximum atomic E-state index is 5.77.